The number of pyridine rings is 1. The van der Waals surface area contributed by atoms with E-state index in [1.54, 1.807) is 29.9 Å². The molecule has 0 aliphatic rings. The van der Waals surface area contributed by atoms with E-state index in [2.05, 4.69) is 20.3 Å². The highest BCUT2D eigenvalue weighted by Crippen LogP contribution is 2.13. The van der Waals surface area contributed by atoms with E-state index in [4.69, 9.17) is 0 Å². The fourth-order valence-electron chi connectivity index (χ4n) is 1.74. The molecule has 0 radical (unpaired) electrons. The van der Waals surface area contributed by atoms with E-state index < -0.39 is 5.91 Å². The third kappa shape index (κ3) is 2.43. The summed E-state index contributed by atoms with van der Waals surface area (Å²) in [5.74, 6) is -0.393. The highest BCUT2D eigenvalue weighted by atomic mass is 32.1. The Morgan fingerprint density at radius 2 is 2.30 bits per heavy atom. The first-order valence-electron chi connectivity index (χ1n) is 5.88. The number of hydrogen-bond acceptors (Lipinski definition) is 5. The van der Waals surface area contributed by atoms with Crippen molar-refractivity contribution in [3.63, 3.8) is 0 Å². The summed E-state index contributed by atoms with van der Waals surface area (Å²) in [5.41, 5.74) is 0.572. The molecule has 2 N–H and O–H groups in total. The minimum atomic E-state index is -0.416. The van der Waals surface area contributed by atoms with E-state index in [-0.39, 0.29) is 11.4 Å². The van der Waals surface area contributed by atoms with Gasteiger partial charge in [-0.1, -0.05) is 6.07 Å². The van der Waals surface area contributed by atoms with Gasteiger partial charge >= 0.3 is 0 Å². The number of hydrogen-bond donors (Lipinski definition) is 2. The predicted octanol–water partition coefficient (Wildman–Crippen LogP) is 1.31. The standard InChI is InChI=1S/C13H10N4O2S/c18-11-9-3-5-20-13(9)17-10(16-11)12(19)15-7-8-2-1-4-14-6-8/h1-6H,7H2,(H,15,19)(H,16,17,18). The molecule has 0 saturated heterocycles. The molecule has 0 bridgehead atoms. The van der Waals surface area contributed by atoms with Gasteiger partial charge in [-0.3, -0.25) is 14.6 Å². The molecule has 7 heteroatoms. The molecule has 0 saturated carbocycles. The fraction of sp³-hybridized carbons (Fsp3) is 0.0769. The normalized spacial score (nSPS) is 10.6. The van der Waals surface area contributed by atoms with Gasteiger partial charge in [0.2, 0.25) is 5.82 Å². The quantitative estimate of drug-likeness (QED) is 0.760. The lowest BCUT2D eigenvalue weighted by Gasteiger charge is -2.04. The van der Waals surface area contributed by atoms with Gasteiger partial charge in [-0.05, 0) is 23.1 Å². The zero-order chi connectivity index (χ0) is 13.9. The number of thiophene rings is 1. The van der Waals surface area contributed by atoms with Crippen LogP contribution in [0.1, 0.15) is 16.2 Å². The Balaban J connectivity index is 1.80. The number of aromatic amines is 1. The van der Waals surface area contributed by atoms with Crippen molar-refractivity contribution in [3.8, 4) is 0 Å². The van der Waals surface area contributed by atoms with Crippen LogP contribution in [0.5, 0.6) is 0 Å². The molecule has 100 valence electrons. The van der Waals surface area contributed by atoms with Gasteiger partial charge in [0.15, 0.2) is 0 Å². The highest BCUT2D eigenvalue weighted by Gasteiger charge is 2.11. The Morgan fingerprint density at radius 1 is 1.40 bits per heavy atom. The maximum Gasteiger partial charge on any atom is 0.287 e. The van der Waals surface area contributed by atoms with Crippen LogP contribution in [0.4, 0.5) is 0 Å². The van der Waals surface area contributed by atoms with Crippen molar-refractivity contribution in [1.82, 2.24) is 20.3 Å². The number of amides is 1. The van der Waals surface area contributed by atoms with Crippen molar-refractivity contribution >= 4 is 27.5 Å². The third-order valence-corrected chi connectivity index (χ3v) is 3.53. The second-order valence-corrected chi connectivity index (χ2v) is 4.99. The molecule has 0 fully saturated rings. The van der Waals surface area contributed by atoms with E-state index in [0.717, 1.165) is 5.56 Å². The summed E-state index contributed by atoms with van der Waals surface area (Å²) in [4.78, 5) is 34.9. The van der Waals surface area contributed by atoms with Crippen LogP contribution in [0, 0.1) is 0 Å². The van der Waals surface area contributed by atoms with Crippen molar-refractivity contribution in [3.05, 3.63) is 57.7 Å². The molecule has 0 aliphatic heterocycles. The average Bonchev–Trinajstić information content (AvgIpc) is 2.95. The Labute approximate surface area is 117 Å². The van der Waals surface area contributed by atoms with Crippen LogP contribution in [0.15, 0.2) is 40.8 Å². The van der Waals surface area contributed by atoms with Crippen molar-refractivity contribution in [1.29, 1.82) is 0 Å². The smallest absolute Gasteiger partial charge is 0.287 e. The highest BCUT2D eigenvalue weighted by molar-refractivity contribution is 7.16. The molecule has 6 nitrogen and oxygen atoms in total. The minimum Gasteiger partial charge on any atom is -0.345 e. The van der Waals surface area contributed by atoms with Crippen molar-refractivity contribution < 1.29 is 4.79 Å². The van der Waals surface area contributed by atoms with Gasteiger partial charge in [0, 0.05) is 18.9 Å². The molecule has 0 atom stereocenters. The number of nitrogens with one attached hydrogen (secondary N) is 2. The molecule has 3 aromatic heterocycles. The number of nitrogens with zero attached hydrogens (tertiary/aromatic N) is 2. The van der Waals surface area contributed by atoms with E-state index in [1.807, 2.05) is 6.07 Å². The summed E-state index contributed by atoms with van der Waals surface area (Å²) in [6.45, 7) is 0.332. The van der Waals surface area contributed by atoms with Crippen LogP contribution in [-0.2, 0) is 6.54 Å². The topological polar surface area (TPSA) is 87.7 Å². The van der Waals surface area contributed by atoms with Crippen LogP contribution in [0.25, 0.3) is 10.2 Å². The lowest BCUT2D eigenvalue weighted by molar-refractivity contribution is 0.0940. The van der Waals surface area contributed by atoms with Crippen molar-refractivity contribution in [2.75, 3.05) is 0 Å². The van der Waals surface area contributed by atoms with Crippen molar-refractivity contribution in [2.24, 2.45) is 0 Å². The number of carbonyl (C=O) groups is 1. The lowest BCUT2D eigenvalue weighted by Crippen LogP contribution is -2.27. The molecule has 0 aromatic carbocycles. The monoisotopic (exact) mass is 286 g/mol. The number of fused-ring (bicyclic) bond motifs is 1. The summed E-state index contributed by atoms with van der Waals surface area (Å²) in [6, 6.07) is 5.33. The second-order valence-electron chi connectivity index (χ2n) is 4.10. The van der Waals surface area contributed by atoms with Gasteiger partial charge in [-0.2, -0.15) is 0 Å². The number of H-pyrrole nitrogens is 1. The van der Waals surface area contributed by atoms with Crippen LogP contribution in [0.3, 0.4) is 0 Å². The number of aromatic nitrogens is 3. The van der Waals surface area contributed by atoms with Crippen LogP contribution in [-0.4, -0.2) is 20.9 Å². The summed E-state index contributed by atoms with van der Waals surface area (Å²) in [5, 5.41) is 4.96. The van der Waals surface area contributed by atoms with E-state index in [1.165, 1.54) is 11.3 Å². The molecule has 3 rings (SSSR count). The van der Waals surface area contributed by atoms with E-state index in [0.29, 0.717) is 16.8 Å². The summed E-state index contributed by atoms with van der Waals surface area (Å²) >= 11 is 1.33. The SMILES string of the molecule is O=C(NCc1cccnc1)c1nc2sccc2c(=O)[nH]1. The first-order chi connectivity index (χ1) is 9.74. The van der Waals surface area contributed by atoms with Crippen LogP contribution in [0.2, 0.25) is 0 Å². The first-order valence-corrected chi connectivity index (χ1v) is 6.76. The first kappa shape index (κ1) is 12.5. The van der Waals surface area contributed by atoms with Gasteiger partial charge in [-0.25, -0.2) is 4.98 Å². The Morgan fingerprint density at radius 3 is 3.10 bits per heavy atom. The van der Waals surface area contributed by atoms with Crippen LogP contribution < -0.4 is 10.9 Å². The second kappa shape index (κ2) is 5.22. The Kier molecular flexibility index (Phi) is 3.26. The zero-order valence-electron chi connectivity index (χ0n) is 10.3. The zero-order valence-corrected chi connectivity index (χ0v) is 11.1. The van der Waals surface area contributed by atoms with Gasteiger partial charge in [0.25, 0.3) is 11.5 Å². The summed E-state index contributed by atoms with van der Waals surface area (Å²) in [7, 11) is 0. The molecule has 3 aromatic rings. The number of rotatable bonds is 3. The Hall–Kier alpha value is -2.54. The molecule has 20 heavy (non-hydrogen) atoms. The fourth-order valence-corrected chi connectivity index (χ4v) is 2.51. The summed E-state index contributed by atoms with van der Waals surface area (Å²) in [6.07, 6.45) is 3.33. The molecule has 1 amide bonds. The van der Waals surface area contributed by atoms with Gasteiger partial charge in [0.05, 0.1) is 5.39 Å². The molecule has 0 unspecified atom stereocenters. The predicted molar refractivity (Wildman–Crippen MR) is 75.6 cm³/mol. The molecule has 0 spiro atoms. The van der Waals surface area contributed by atoms with Gasteiger partial charge in [0.1, 0.15) is 4.83 Å². The number of carbonyl (C=O) groups excluding carboxylic acids is 1. The molecular formula is C13H10N4O2S. The molecule has 3 heterocycles. The van der Waals surface area contributed by atoms with Gasteiger partial charge in [-0.15, -0.1) is 11.3 Å². The van der Waals surface area contributed by atoms with Crippen LogP contribution >= 0.6 is 11.3 Å². The molecule has 0 aliphatic carbocycles. The maximum atomic E-state index is 12.0. The largest absolute Gasteiger partial charge is 0.345 e. The molecular weight excluding hydrogens is 276 g/mol. The van der Waals surface area contributed by atoms with Crippen molar-refractivity contribution in [2.45, 2.75) is 6.54 Å². The van der Waals surface area contributed by atoms with Gasteiger partial charge < -0.3 is 10.3 Å². The maximum absolute atomic E-state index is 12.0. The van der Waals surface area contributed by atoms with E-state index in [9.17, 15) is 9.59 Å². The minimum absolute atomic E-state index is 0.0221. The summed E-state index contributed by atoms with van der Waals surface area (Å²) < 4.78 is 0. The van der Waals surface area contributed by atoms with E-state index >= 15 is 0 Å². The lowest BCUT2D eigenvalue weighted by atomic mass is 10.3. The third-order valence-electron chi connectivity index (χ3n) is 2.73. The Bertz CT molecular complexity index is 810. The average molecular weight is 286 g/mol.